The largest absolute Gasteiger partial charge is 0.480 e. The number of hydrogen-bond donors (Lipinski definition) is 4. The van der Waals surface area contributed by atoms with Crippen molar-refractivity contribution in [2.75, 3.05) is 5.73 Å². The lowest BCUT2D eigenvalue weighted by Crippen LogP contribution is -2.25. The summed E-state index contributed by atoms with van der Waals surface area (Å²) in [4.78, 5) is 26.5. The van der Waals surface area contributed by atoms with Crippen molar-refractivity contribution in [3.05, 3.63) is 22.2 Å². The van der Waals surface area contributed by atoms with E-state index in [0.717, 1.165) is 6.20 Å². The Bertz CT molecular complexity index is 386. The molecule has 0 amide bonds. The molecule has 1 heterocycles. The SMILES string of the molecule is Nc1[nH]c(=O)ncc1C(N)C(=O)O. The maximum absolute atomic E-state index is 10.6. The van der Waals surface area contributed by atoms with Crippen molar-refractivity contribution in [2.45, 2.75) is 6.04 Å². The highest BCUT2D eigenvalue weighted by molar-refractivity contribution is 5.76. The van der Waals surface area contributed by atoms with Crippen LogP contribution in [0.4, 0.5) is 5.82 Å². The van der Waals surface area contributed by atoms with Crippen LogP contribution in [0.15, 0.2) is 11.0 Å². The topological polar surface area (TPSA) is 135 Å². The third kappa shape index (κ3) is 1.82. The van der Waals surface area contributed by atoms with Crippen LogP contribution < -0.4 is 17.2 Å². The Hall–Kier alpha value is -1.89. The van der Waals surface area contributed by atoms with Gasteiger partial charge in [-0.2, -0.15) is 0 Å². The van der Waals surface area contributed by atoms with Crippen molar-refractivity contribution >= 4 is 11.8 Å². The molecular formula is C6H8N4O3. The molecule has 0 saturated heterocycles. The zero-order valence-corrected chi connectivity index (χ0v) is 6.52. The number of nitrogens with two attached hydrogens (primary N) is 2. The van der Waals surface area contributed by atoms with Gasteiger partial charge in [0.15, 0.2) is 0 Å². The van der Waals surface area contributed by atoms with Gasteiger partial charge in [-0.05, 0) is 0 Å². The lowest BCUT2D eigenvalue weighted by Gasteiger charge is -2.07. The van der Waals surface area contributed by atoms with E-state index in [1.165, 1.54) is 0 Å². The second kappa shape index (κ2) is 3.23. The molecule has 0 radical (unpaired) electrons. The van der Waals surface area contributed by atoms with Crippen LogP contribution in [0.2, 0.25) is 0 Å². The van der Waals surface area contributed by atoms with Crippen molar-refractivity contribution in [3.8, 4) is 0 Å². The molecule has 0 fully saturated rings. The Kier molecular flexibility index (Phi) is 2.29. The fraction of sp³-hybridized carbons (Fsp3) is 0.167. The number of aromatic nitrogens is 2. The molecule has 0 aliphatic rings. The van der Waals surface area contributed by atoms with E-state index in [2.05, 4.69) is 9.97 Å². The predicted octanol–water partition coefficient (Wildman–Crippen LogP) is -1.56. The number of anilines is 1. The average Bonchev–Trinajstić information content (AvgIpc) is 2.03. The van der Waals surface area contributed by atoms with E-state index in [-0.39, 0.29) is 11.4 Å². The minimum atomic E-state index is -1.27. The number of hydrogen-bond acceptors (Lipinski definition) is 5. The first-order valence-electron chi connectivity index (χ1n) is 3.35. The molecule has 1 aromatic heterocycles. The molecule has 0 saturated carbocycles. The zero-order chi connectivity index (χ0) is 10.0. The summed E-state index contributed by atoms with van der Waals surface area (Å²) < 4.78 is 0. The van der Waals surface area contributed by atoms with Crippen molar-refractivity contribution in [2.24, 2.45) is 5.73 Å². The molecule has 1 unspecified atom stereocenters. The fourth-order valence-electron chi connectivity index (χ4n) is 0.798. The molecule has 0 aromatic carbocycles. The highest BCUT2D eigenvalue weighted by Gasteiger charge is 2.17. The second-order valence-corrected chi connectivity index (χ2v) is 2.37. The smallest absolute Gasteiger partial charge is 0.346 e. The van der Waals surface area contributed by atoms with Crippen molar-refractivity contribution in [3.63, 3.8) is 0 Å². The van der Waals surface area contributed by atoms with E-state index in [9.17, 15) is 9.59 Å². The molecule has 1 rings (SSSR count). The summed E-state index contributed by atoms with van der Waals surface area (Å²) in [5.41, 5.74) is 10.0. The normalized spacial score (nSPS) is 12.4. The van der Waals surface area contributed by atoms with E-state index in [1.807, 2.05) is 0 Å². The van der Waals surface area contributed by atoms with E-state index in [0.29, 0.717) is 0 Å². The van der Waals surface area contributed by atoms with Crippen molar-refractivity contribution < 1.29 is 9.90 Å². The molecule has 70 valence electrons. The van der Waals surface area contributed by atoms with Gasteiger partial charge in [-0.1, -0.05) is 0 Å². The number of H-pyrrole nitrogens is 1. The maximum atomic E-state index is 10.6. The molecule has 7 heteroatoms. The fourth-order valence-corrected chi connectivity index (χ4v) is 0.798. The molecule has 1 aromatic rings. The summed E-state index contributed by atoms with van der Waals surface area (Å²) in [7, 11) is 0. The molecular weight excluding hydrogens is 176 g/mol. The molecule has 0 aliphatic heterocycles. The number of carboxylic acids is 1. The average molecular weight is 184 g/mol. The van der Waals surface area contributed by atoms with Crippen LogP contribution in [-0.2, 0) is 4.79 Å². The quantitative estimate of drug-likeness (QED) is 0.438. The number of aliphatic carboxylic acids is 1. The Morgan fingerprint density at radius 2 is 2.31 bits per heavy atom. The Labute approximate surface area is 72.4 Å². The predicted molar refractivity (Wildman–Crippen MR) is 43.8 cm³/mol. The highest BCUT2D eigenvalue weighted by atomic mass is 16.4. The van der Waals surface area contributed by atoms with Crippen LogP contribution in [-0.4, -0.2) is 21.0 Å². The van der Waals surface area contributed by atoms with Crippen LogP contribution in [0.1, 0.15) is 11.6 Å². The number of carbonyl (C=O) groups is 1. The maximum Gasteiger partial charge on any atom is 0.346 e. The Morgan fingerprint density at radius 1 is 1.69 bits per heavy atom. The number of rotatable bonds is 2. The lowest BCUT2D eigenvalue weighted by atomic mass is 10.1. The van der Waals surface area contributed by atoms with Gasteiger partial charge in [0.1, 0.15) is 11.9 Å². The van der Waals surface area contributed by atoms with Gasteiger partial charge in [0.2, 0.25) is 0 Å². The summed E-state index contributed by atoms with van der Waals surface area (Å²) >= 11 is 0. The van der Waals surface area contributed by atoms with Crippen molar-refractivity contribution in [1.29, 1.82) is 0 Å². The van der Waals surface area contributed by atoms with Crippen LogP contribution in [0.3, 0.4) is 0 Å². The first-order valence-corrected chi connectivity index (χ1v) is 3.35. The monoisotopic (exact) mass is 184 g/mol. The third-order valence-corrected chi connectivity index (χ3v) is 1.47. The number of nitrogen functional groups attached to an aromatic ring is 1. The van der Waals surface area contributed by atoms with Crippen LogP contribution in [0.25, 0.3) is 0 Å². The molecule has 0 bridgehead atoms. The van der Waals surface area contributed by atoms with Gasteiger partial charge in [-0.25, -0.2) is 9.78 Å². The number of nitrogens with zero attached hydrogens (tertiary/aromatic N) is 1. The molecule has 7 nitrogen and oxygen atoms in total. The zero-order valence-electron chi connectivity index (χ0n) is 6.52. The van der Waals surface area contributed by atoms with Crippen LogP contribution in [0.5, 0.6) is 0 Å². The molecule has 6 N–H and O–H groups in total. The van der Waals surface area contributed by atoms with Gasteiger partial charge in [0.25, 0.3) is 0 Å². The van der Waals surface area contributed by atoms with Crippen LogP contribution >= 0.6 is 0 Å². The first-order chi connectivity index (χ1) is 6.02. The lowest BCUT2D eigenvalue weighted by molar-refractivity contribution is -0.138. The van der Waals surface area contributed by atoms with E-state index < -0.39 is 17.7 Å². The van der Waals surface area contributed by atoms with Gasteiger partial charge in [0, 0.05) is 11.8 Å². The summed E-state index contributed by atoms with van der Waals surface area (Å²) in [6, 6.07) is -1.27. The number of aromatic amines is 1. The molecule has 1 atom stereocenters. The van der Waals surface area contributed by atoms with Gasteiger partial charge < -0.3 is 16.6 Å². The van der Waals surface area contributed by atoms with Gasteiger partial charge in [-0.15, -0.1) is 0 Å². The summed E-state index contributed by atoms with van der Waals surface area (Å²) in [6.07, 6.45) is 1.05. The minimum absolute atomic E-state index is 0.0742. The van der Waals surface area contributed by atoms with Gasteiger partial charge in [-0.3, -0.25) is 9.78 Å². The molecule has 13 heavy (non-hydrogen) atoms. The third-order valence-electron chi connectivity index (χ3n) is 1.47. The summed E-state index contributed by atoms with van der Waals surface area (Å²) in [5.74, 6) is -1.31. The number of carboxylic acid groups (broad SMARTS) is 1. The summed E-state index contributed by atoms with van der Waals surface area (Å²) in [5, 5.41) is 8.53. The minimum Gasteiger partial charge on any atom is -0.480 e. The molecule has 0 aliphatic carbocycles. The first kappa shape index (κ1) is 9.20. The highest BCUT2D eigenvalue weighted by Crippen LogP contribution is 2.12. The van der Waals surface area contributed by atoms with Crippen molar-refractivity contribution in [1.82, 2.24) is 9.97 Å². The van der Waals surface area contributed by atoms with E-state index in [4.69, 9.17) is 16.6 Å². The summed E-state index contributed by atoms with van der Waals surface area (Å²) in [6.45, 7) is 0. The molecule has 0 spiro atoms. The Morgan fingerprint density at radius 3 is 2.77 bits per heavy atom. The Balaban J connectivity index is 3.16. The van der Waals surface area contributed by atoms with Crippen LogP contribution in [0, 0.1) is 0 Å². The van der Waals surface area contributed by atoms with Gasteiger partial charge in [0.05, 0.1) is 0 Å². The van der Waals surface area contributed by atoms with E-state index in [1.54, 1.807) is 0 Å². The van der Waals surface area contributed by atoms with E-state index >= 15 is 0 Å². The number of nitrogens with one attached hydrogen (secondary N) is 1. The second-order valence-electron chi connectivity index (χ2n) is 2.37. The standard InChI is InChI=1S/C6H8N4O3/c7-3(5(11)12)2-1-9-6(13)10-4(2)8/h1,3H,7H2,(H,11,12)(H3,8,9,10,13). The van der Waals surface area contributed by atoms with Gasteiger partial charge >= 0.3 is 11.7 Å².